The van der Waals surface area contributed by atoms with E-state index >= 15 is 0 Å². The summed E-state index contributed by atoms with van der Waals surface area (Å²) in [6, 6.07) is 12.6. The SMILES string of the molecule is C[C@H]1C[C@@H](c2cccnc2)N(C(=O)CCc2cccc(N(C)C)c2)C1. The maximum Gasteiger partial charge on any atom is 0.223 e. The highest BCUT2D eigenvalue weighted by Gasteiger charge is 2.33. The van der Waals surface area contributed by atoms with Crippen LogP contribution in [0, 0.1) is 5.92 Å². The van der Waals surface area contributed by atoms with E-state index in [4.69, 9.17) is 0 Å². The number of carbonyl (C=O) groups is 1. The molecular formula is C21H27N3O. The maximum atomic E-state index is 12.9. The van der Waals surface area contributed by atoms with Crippen molar-refractivity contribution in [1.82, 2.24) is 9.88 Å². The summed E-state index contributed by atoms with van der Waals surface area (Å²) in [5.74, 6) is 0.777. The monoisotopic (exact) mass is 337 g/mol. The van der Waals surface area contributed by atoms with E-state index in [1.807, 2.05) is 26.4 Å². The minimum absolute atomic E-state index is 0.171. The Kier molecular flexibility index (Phi) is 5.37. The van der Waals surface area contributed by atoms with Gasteiger partial charge in [-0.25, -0.2) is 0 Å². The van der Waals surface area contributed by atoms with Gasteiger partial charge < -0.3 is 9.80 Å². The molecule has 0 N–H and O–H groups in total. The summed E-state index contributed by atoms with van der Waals surface area (Å²) in [5, 5.41) is 0. The Hall–Kier alpha value is -2.36. The summed E-state index contributed by atoms with van der Waals surface area (Å²) in [7, 11) is 4.07. The van der Waals surface area contributed by atoms with Gasteiger partial charge in [0.1, 0.15) is 0 Å². The fraction of sp³-hybridized carbons (Fsp3) is 0.429. The van der Waals surface area contributed by atoms with Crippen molar-refractivity contribution in [3.63, 3.8) is 0 Å². The van der Waals surface area contributed by atoms with Gasteiger partial charge in [0.15, 0.2) is 0 Å². The first-order valence-corrected chi connectivity index (χ1v) is 9.00. The van der Waals surface area contributed by atoms with E-state index in [0.717, 1.165) is 24.9 Å². The molecule has 0 aliphatic carbocycles. The number of benzene rings is 1. The summed E-state index contributed by atoms with van der Waals surface area (Å²) < 4.78 is 0. The number of aromatic nitrogens is 1. The van der Waals surface area contributed by atoms with Crippen LogP contribution in [0.15, 0.2) is 48.8 Å². The Morgan fingerprint density at radius 2 is 2.12 bits per heavy atom. The van der Waals surface area contributed by atoms with Gasteiger partial charge >= 0.3 is 0 Å². The van der Waals surface area contributed by atoms with Gasteiger partial charge in [-0.3, -0.25) is 9.78 Å². The molecule has 1 aromatic carbocycles. The van der Waals surface area contributed by atoms with Crippen molar-refractivity contribution in [2.75, 3.05) is 25.5 Å². The highest BCUT2D eigenvalue weighted by molar-refractivity contribution is 5.77. The smallest absolute Gasteiger partial charge is 0.223 e. The zero-order chi connectivity index (χ0) is 17.8. The number of pyridine rings is 1. The first-order chi connectivity index (χ1) is 12.0. The normalized spacial score (nSPS) is 19.9. The second kappa shape index (κ2) is 7.68. The average molecular weight is 337 g/mol. The van der Waals surface area contributed by atoms with Crippen LogP contribution in [0.25, 0.3) is 0 Å². The third-order valence-electron chi connectivity index (χ3n) is 4.95. The molecule has 3 rings (SSSR count). The molecule has 0 unspecified atom stereocenters. The van der Waals surface area contributed by atoms with E-state index in [2.05, 4.69) is 52.0 Å². The Balaban J connectivity index is 1.67. The molecule has 2 aromatic rings. The molecule has 1 amide bonds. The summed E-state index contributed by atoms with van der Waals surface area (Å²) in [4.78, 5) is 21.2. The number of aryl methyl sites for hydroxylation is 1. The second-order valence-corrected chi connectivity index (χ2v) is 7.25. The van der Waals surface area contributed by atoms with Crippen LogP contribution in [0.1, 0.15) is 36.9 Å². The number of nitrogens with zero attached hydrogens (tertiary/aromatic N) is 3. The summed E-state index contributed by atoms with van der Waals surface area (Å²) in [6.45, 7) is 3.06. The van der Waals surface area contributed by atoms with Crippen LogP contribution in [0.4, 0.5) is 5.69 Å². The highest BCUT2D eigenvalue weighted by atomic mass is 16.2. The Morgan fingerprint density at radius 3 is 2.84 bits per heavy atom. The molecule has 2 atom stereocenters. The van der Waals surface area contributed by atoms with Crippen molar-refractivity contribution in [2.24, 2.45) is 5.92 Å². The quantitative estimate of drug-likeness (QED) is 0.835. The number of rotatable bonds is 5. The number of carbonyl (C=O) groups excluding carboxylic acids is 1. The molecule has 1 aliphatic rings. The van der Waals surface area contributed by atoms with Crippen molar-refractivity contribution in [3.8, 4) is 0 Å². The molecule has 0 bridgehead atoms. The van der Waals surface area contributed by atoms with Crippen LogP contribution in [-0.4, -0.2) is 36.4 Å². The van der Waals surface area contributed by atoms with Gasteiger partial charge in [0.2, 0.25) is 5.91 Å². The number of anilines is 1. The summed E-state index contributed by atoms with van der Waals surface area (Å²) >= 11 is 0. The van der Waals surface area contributed by atoms with Crippen LogP contribution in [0.2, 0.25) is 0 Å². The standard InChI is InChI=1S/C21H27N3O/c1-16-12-20(18-7-5-11-22-14-18)24(15-16)21(25)10-9-17-6-4-8-19(13-17)23(2)3/h4-8,11,13-14,16,20H,9-10,12,15H2,1-3H3/t16-,20-/m0/s1. The van der Waals surface area contributed by atoms with Crippen molar-refractivity contribution < 1.29 is 4.79 Å². The lowest BCUT2D eigenvalue weighted by atomic mass is 10.0. The molecule has 0 spiro atoms. The Labute approximate surface area is 150 Å². The molecule has 1 saturated heterocycles. The van der Waals surface area contributed by atoms with E-state index in [-0.39, 0.29) is 11.9 Å². The third-order valence-corrected chi connectivity index (χ3v) is 4.95. The summed E-state index contributed by atoms with van der Waals surface area (Å²) in [6.07, 6.45) is 6.04. The van der Waals surface area contributed by atoms with Crippen LogP contribution in [0.5, 0.6) is 0 Å². The van der Waals surface area contributed by atoms with E-state index in [1.165, 1.54) is 11.3 Å². The lowest BCUT2D eigenvalue weighted by Crippen LogP contribution is -2.31. The van der Waals surface area contributed by atoms with Crippen molar-refractivity contribution in [3.05, 3.63) is 59.9 Å². The molecule has 1 aromatic heterocycles. The first-order valence-electron chi connectivity index (χ1n) is 9.00. The Morgan fingerprint density at radius 1 is 1.28 bits per heavy atom. The molecule has 0 saturated carbocycles. The topological polar surface area (TPSA) is 36.4 Å². The van der Waals surface area contributed by atoms with Crippen molar-refractivity contribution >= 4 is 11.6 Å². The molecule has 2 heterocycles. The maximum absolute atomic E-state index is 12.9. The number of amides is 1. The van der Waals surface area contributed by atoms with Crippen LogP contribution < -0.4 is 4.90 Å². The predicted octanol–water partition coefficient (Wildman–Crippen LogP) is 3.69. The molecule has 132 valence electrons. The third kappa shape index (κ3) is 4.19. The average Bonchev–Trinajstić information content (AvgIpc) is 3.02. The van der Waals surface area contributed by atoms with Crippen LogP contribution in [-0.2, 0) is 11.2 Å². The molecule has 0 radical (unpaired) electrons. The first kappa shape index (κ1) is 17.5. The number of likely N-dealkylation sites (tertiary alicyclic amines) is 1. The van der Waals surface area contributed by atoms with Gasteiger partial charge in [0, 0.05) is 45.1 Å². The van der Waals surface area contributed by atoms with E-state index in [0.29, 0.717) is 12.3 Å². The van der Waals surface area contributed by atoms with Crippen LogP contribution in [0.3, 0.4) is 0 Å². The minimum atomic E-state index is 0.171. The van der Waals surface area contributed by atoms with Crippen molar-refractivity contribution in [1.29, 1.82) is 0 Å². The number of hydrogen-bond donors (Lipinski definition) is 0. The lowest BCUT2D eigenvalue weighted by molar-refractivity contribution is -0.132. The molecule has 25 heavy (non-hydrogen) atoms. The van der Waals surface area contributed by atoms with E-state index in [1.54, 1.807) is 6.20 Å². The fourth-order valence-corrected chi connectivity index (χ4v) is 3.60. The van der Waals surface area contributed by atoms with Gasteiger partial charge in [-0.1, -0.05) is 25.1 Å². The largest absolute Gasteiger partial charge is 0.378 e. The van der Waals surface area contributed by atoms with Gasteiger partial charge in [0.05, 0.1) is 6.04 Å². The predicted molar refractivity (Wildman–Crippen MR) is 102 cm³/mol. The van der Waals surface area contributed by atoms with Gasteiger partial charge in [0.25, 0.3) is 0 Å². The molecule has 1 fully saturated rings. The minimum Gasteiger partial charge on any atom is -0.378 e. The van der Waals surface area contributed by atoms with Crippen LogP contribution >= 0.6 is 0 Å². The Bertz CT molecular complexity index is 714. The zero-order valence-corrected chi connectivity index (χ0v) is 15.4. The van der Waals surface area contributed by atoms with Gasteiger partial charge in [-0.2, -0.15) is 0 Å². The van der Waals surface area contributed by atoms with Gasteiger partial charge in [-0.05, 0) is 48.1 Å². The lowest BCUT2D eigenvalue weighted by Gasteiger charge is -2.25. The molecular weight excluding hydrogens is 310 g/mol. The summed E-state index contributed by atoms with van der Waals surface area (Å²) in [5.41, 5.74) is 3.53. The van der Waals surface area contributed by atoms with E-state index in [9.17, 15) is 4.79 Å². The fourth-order valence-electron chi connectivity index (χ4n) is 3.60. The molecule has 4 heteroatoms. The second-order valence-electron chi connectivity index (χ2n) is 7.25. The van der Waals surface area contributed by atoms with Crippen molar-refractivity contribution in [2.45, 2.75) is 32.2 Å². The molecule has 1 aliphatic heterocycles. The van der Waals surface area contributed by atoms with E-state index < -0.39 is 0 Å². The molecule has 4 nitrogen and oxygen atoms in total. The highest BCUT2D eigenvalue weighted by Crippen LogP contribution is 2.35. The number of hydrogen-bond acceptors (Lipinski definition) is 3. The van der Waals surface area contributed by atoms with Gasteiger partial charge in [-0.15, -0.1) is 0 Å². The zero-order valence-electron chi connectivity index (χ0n) is 15.4.